The van der Waals surface area contributed by atoms with Crippen LogP contribution < -0.4 is 10.3 Å². The number of hydrogen-bond donors (Lipinski definition) is 1. The number of hydrogen-bond acceptors (Lipinski definition) is 3. The van der Waals surface area contributed by atoms with Crippen LogP contribution >= 0.6 is 11.6 Å². The van der Waals surface area contributed by atoms with Gasteiger partial charge >= 0.3 is 5.97 Å². The van der Waals surface area contributed by atoms with Crippen LogP contribution in [0.2, 0.25) is 5.02 Å². The molecule has 0 saturated heterocycles. The van der Waals surface area contributed by atoms with Gasteiger partial charge in [-0.15, -0.1) is 0 Å². The predicted octanol–water partition coefficient (Wildman–Crippen LogP) is 4.77. The van der Waals surface area contributed by atoms with Gasteiger partial charge in [-0.05, 0) is 54.7 Å². The number of ether oxygens (including phenoxy) is 1. The van der Waals surface area contributed by atoms with Crippen molar-refractivity contribution in [3.05, 3.63) is 74.4 Å². The van der Waals surface area contributed by atoms with E-state index in [2.05, 4.69) is 0 Å². The number of nitrogens with zero attached hydrogens (tertiary/aromatic N) is 1. The lowest BCUT2D eigenvalue weighted by molar-refractivity contribution is -0.136. The number of pyridine rings is 1. The summed E-state index contributed by atoms with van der Waals surface area (Å²) >= 11 is 6.00. The molecule has 31 heavy (non-hydrogen) atoms. The second-order valence-corrected chi connectivity index (χ2v) is 8.09. The van der Waals surface area contributed by atoms with Gasteiger partial charge in [0, 0.05) is 35.0 Å². The monoisotopic (exact) mass is 441 g/mol. The van der Waals surface area contributed by atoms with Gasteiger partial charge in [0.2, 0.25) is 0 Å². The van der Waals surface area contributed by atoms with Crippen LogP contribution in [-0.4, -0.2) is 22.2 Å². The molecule has 0 amide bonds. The van der Waals surface area contributed by atoms with Gasteiger partial charge in [0.25, 0.3) is 5.56 Å². The molecule has 0 saturated carbocycles. The standard InChI is InChI=1S/C24H21ClFNO4/c1-13-22(14-5-7-16(25)8-6-14)24(30)27(2)19(12-21(28)29)23(13)17-10-15-4-3-9-31-20(15)11-18(17)26/h5-8,10-11H,3-4,9,12H2,1-2H3,(H,28,29). The van der Waals surface area contributed by atoms with Crippen LogP contribution in [0.1, 0.15) is 23.2 Å². The van der Waals surface area contributed by atoms with Crippen LogP contribution in [0.4, 0.5) is 4.39 Å². The summed E-state index contributed by atoms with van der Waals surface area (Å²) in [6.07, 6.45) is 1.16. The molecule has 2 heterocycles. The van der Waals surface area contributed by atoms with Crippen molar-refractivity contribution >= 4 is 17.6 Å². The minimum Gasteiger partial charge on any atom is -0.493 e. The van der Waals surface area contributed by atoms with E-state index in [1.807, 2.05) is 0 Å². The number of benzene rings is 2. The van der Waals surface area contributed by atoms with Crippen LogP contribution in [0.5, 0.6) is 5.75 Å². The zero-order chi connectivity index (χ0) is 22.3. The third-order valence-corrected chi connectivity index (χ3v) is 5.93. The molecule has 0 unspecified atom stereocenters. The molecule has 3 aromatic rings. The molecule has 160 valence electrons. The van der Waals surface area contributed by atoms with Gasteiger partial charge in [-0.1, -0.05) is 23.7 Å². The van der Waals surface area contributed by atoms with Gasteiger partial charge in [0.05, 0.1) is 18.6 Å². The number of carboxylic acids is 1. The first-order valence-electron chi connectivity index (χ1n) is 9.93. The Labute approximate surface area is 183 Å². The number of carbonyl (C=O) groups is 1. The van der Waals surface area contributed by atoms with Gasteiger partial charge < -0.3 is 14.4 Å². The molecule has 0 fully saturated rings. The molecule has 7 heteroatoms. The Morgan fingerprint density at radius 1 is 1.23 bits per heavy atom. The van der Waals surface area contributed by atoms with Crippen molar-refractivity contribution in [3.63, 3.8) is 0 Å². The highest BCUT2D eigenvalue weighted by molar-refractivity contribution is 6.30. The Kier molecular flexibility index (Phi) is 5.58. The molecule has 1 N–H and O–H groups in total. The summed E-state index contributed by atoms with van der Waals surface area (Å²) in [6, 6.07) is 9.87. The van der Waals surface area contributed by atoms with Gasteiger partial charge in [0.15, 0.2) is 0 Å². The Morgan fingerprint density at radius 3 is 2.61 bits per heavy atom. The summed E-state index contributed by atoms with van der Waals surface area (Å²) in [6.45, 7) is 2.26. The first kappa shape index (κ1) is 21.1. The quantitative estimate of drug-likeness (QED) is 0.633. The van der Waals surface area contributed by atoms with E-state index in [9.17, 15) is 14.7 Å². The van der Waals surface area contributed by atoms with Crippen molar-refractivity contribution in [1.82, 2.24) is 4.57 Å². The molecular formula is C24H21ClFNO4. The molecule has 2 aromatic carbocycles. The number of halogens is 2. The number of rotatable bonds is 4. The third kappa shape index (κ3) is 3.83. The fourth-order valence-corrected chi connectivity index (χ4v) is 4.32. The largest absolute Gasteiger partial charge is 0.493 e. The summed E-state index contributed by atoms with van der Waals surface area (Å²) in [5.41, 5.74) is 3.00. The Balaban J connectivity index is 2.06. The summed E-state index contributed by atoms with van der Waals surface area (Å²) in [4.78, 5) is 24.8. The van der Waals surface area contributed by atoms with Crippen molar-refractivity contribution in [2.75, 3.05) is 6.61 Å². The van der Waals surface area contributed by atoms with Crippen molar-refractivity contribution in [1.29, 1.82) is 0 Å². The normalized spacial score (nSPS) is 12.9. The average Bonchev–Trinajstić information content (AvgIpc) is 2.73. The van der Waals surface area contributed by atoms with Crippen LogP contribution in [0.3, 0.4) is 0 Å². The minimum atomic E-state index is -1.10. The molecule has 0 radical (unpaired) electrons. The molecule has 1 aliphatic rings. The number of aryl methyl sites for hydroxylation is 1. The second-order valence-electron chi connectivity index (χ2n) is 7.66. The van der Waals surface area contributed by atoms with E-state index in [1.54, 1.807) is 37.3 Å². The van der Waals surface area contributed by atoms with Crippen molar-refractivity contribution < 1.29 is 19.0 Å². The van der Waals surface area contributed by atoms with Crippen molar-refractivity contribution in [2.45, 2.75) is 26.2 Å². The number of fused-ring (bicyclic) bond motifs is 1. The zero-order valence-corrected chi connectivity index (χ0v) is 17.9. The predicted molar refractivity (Wildman–Crippen MR) is 117 cm³/mol. The third-order valence-electron chi connectivity index (χ3n) is 5.68. The van der Waals surface area contributed by atoms with E-state index < -0.39 is 18.2 Å². The van der Waals surface area contributed by atoms with Crippen LogP contribution in [0.25, 0.3) is 22.3 Å². The van der Waals surface area contributed by atoms with E-state index >= 15 is 4.39 Å². The first-order valence-corrected chi connectivity index (χ1v) is 10.3. The van der Waals surface area contributed by atoms with E-state index in [0.29, 0.717) is 39.6 Å². The van der Waals surface area contributed by atoms with E-state index in [0.717, 1.165) is 18.4 Å². The van der Waals surface area contributed by atoms with E-state index in [1.165, 1.54) is 17.7 Å². The Bertz CT molecular complexity index is 1250. The molecule has 1 aliphatic heterocycles. The minimum absolute atomic E-state index is 0.253. The van der Waals surface area contributed by atoms with Crippen molar-refractivity contribution in [3.8, 4) is 28.0 Å². The first-order chi connectivity index (χ1) is 14.8. The molecule has 0 aliphatic carbocycles. The molecule has 1 aromatic heterocycles. The Hall–Kier alpha value is -3.12. The fourth-order valence-electron chi connectivity index (χ4n) is 4.19. The average molecular weight is 442 g/mol. The maximum absolute atomic E-state index is 15.2. The van der Waals surface area contributed by atoms with E-state index in [-0.39, 0.29) is 16.8 Å². The van der Waals surface area contributed by atoms with Crippen LogP contribution in [-0.2, 0) is 24.7 Å². The molecule has 4 rings (SSSR count). The number of carboxylic acid groups (broad SMARTS) is 1. The summed E-state index contributed by atoms with van der Waals surface area (Å²) in [5, 5.41) is 10.0. The SMILES string of the molecule is Cc1c(-c2cc3c(cc2F)OCCC3)c(CC(=O)O)n(C)c(=O)c1-c1ccc(Cl)cc1. The molecule has 0 atom stereocenters. The summed E-state index contributed by atoms with van der Waals surface area (Å²) < 4.78 is 22.1. The summed E-state index contributed by atoms with van der Waals surface area (Å²) in [7, 11) is 1.52. The zero-order valence-electron chi connectivity index (χ0n) is 17.2. The molecule has 0 bridgehead atoms. The lowest BCUT2D eigenvalue weighted by Gasteiger charge is -2.23. The lowest BCUT2D eigenvalue weighted by Crippen LogP contribution is -2.26. The Morgan fingerprint density at radius 2 is 1.94 bits per heavy atom. The molecule has 0 spiro atoms. The molecular weight excluding hydrogens is 421 g/mol. The smallest absolute Gasteiger partial charge is 0.309 e. The van der Waals surface area contributed by atoms with Gasteiger partial charge in [-0.3, -0.25) is 9.59 Å². The van der Waals surface area contributed by atoms with Crippen molar-refractivity contribution in [2.24, 2.45) is 7.05 Å². The molecule has 5 nitrogen and oxygen atoms in total. The van der Waals surface area contributed by atoms with Crippen LogP contribution in [0, 0.1) is 12.7 Å². The number of aromatic nitrogens is 1. The van der Waals surface area contributed by atoms with Crippen LogP contribution in [0.15, 0.2) is 41.2 Å². The van der Waals surface area contributed by atoms with E-state index in [4.69, 9.17) is 16.3 Å². The highest BCUT2D eigenvalue weighted by atomic mass is 35.5. The highest BCUT2D eigenvalue weighted by Gasteiger charge is 2.25. The number of aliphatic carboxylic acids is 1. The maximum atomic E-state index is 15.2. The van der Waals surface area contributed by atoms with Gasteiger partial charge in [-0.25, -0.2) is 4.39 Å². The van der Waals surface area contributed by atoms with Gasteiger partial charge in [0.1, 0.15) is 11.6 Å². The highest BCUT2D eigenvalue weighted by Crippen LogP contribution is 2.38. The summed E-state index contributed by atoms with van der Waals surface area (Å²) in [5.74, 6) is -1.11. The topological polar surface area (TPSA) is 68.5 Å². The fraction of sp³-hybridized carbons (Fsp3) is 0.250. The second kappa shape index (κ2) is 8.19. The lowest BCUT2D eigenvalue weighted by atomic mass is 9.89. The van der Waals surface area contributed by atoms with Gasteiger partial charge in [-0.2, -0.15) is 0 Å². The maximum Gasteiger partial charge on any atom is 0.309 e.